The van der Waals surface area contributed by atoms with Gasteiger partial charge in [-0.3, -0.25) is 0 Å². The zero-order valence-electron chi connectivity index (χ0n) is 12.0. The molecule has 110 valence electrons. The van der Waals surface area contributed by atoms with E-state index >= 15 is 0 Å². The van der Waals surface area contributed by atoms with Crippen LogP contribution in [0.15, 0.2) is 23.6 Å². The highest BCUT2D eigenvalue weighted by Gasteiger charge is 2.15. The van der Waals surface area contributed by atoms with Gasteiger partial charge in [-0.15, -0.1) is 11.3 Å². The molecule has 1 aromatic heterocycles. The highest BCUT2D eigenvalue weighted by molar-refractivity contribution is 7.14. The first kappa shape index (κ1) is 14.1. The number of nitrogens with zero attached hydrogens (tertiary/aromatic N) is 2. The van der Waals surface area contributed by atoms with Crippen LogP contribution >= 0.6 is 11.3 Å². The Kier molecular flexibility index (Phi) is 3.92. The van der Waals surface area contributed by atoms with E-state index in [-0.39, 0.29) is 0 Å². The van der Waals surface area contributed by atoms with Gasteiger partial charge < -0.3 is 10.0 Å². The number of aromatic carboxylic acids is 1. The fourth-order valence-electron chi connectivity index (χ4n) is 2.69. The van der Waals surface area contributed by atoms with Crippen LogP contribution in [-0.4, -0.2) is 29.1 Å². The summed E-state index contributed by atoms with van der Waals surface area (Å²) < 4.78 is 0. The molecule has 2 heterocycles. The average molecular weight is 302 g/mol. The number of aryl methyl sites for hydroxylation is 1. The molecule has 3 rings (SSSR count). The molecule has 0 saturated carbocycles. The van der Waals surface area contributed by atoms with Crippen LogP contribution in [0.25, 0.3) is 11.3 Å². The smallest absolute Gasteiger partial charge is 0.335 e. The zero-order valence-corrected chi connectivity index (χ0v) is 12.8. The lowest BCUT2D eigenvalue weighted by Crippen LogP contribution is -2.29. The van der Waals surface area contributed by atoms with E-state index in [9.17, 15) is 4.79 Å². The Bertz CT molecular complexity index is 660. The third-order valence-electron chi connectivity index (χ3n) is 3.87. The summed E-state index contributed by atoms with van der Waals surface area (Å²) >= 11 is 1.67. The van der Waals surface area contributed by atoms with Gasteiger partial charge >= 0.3 is 5.97 Å². The number of hydrogen-bond acceptors (Lipinski definition) is 4. The molecule has 0 bridgehead atoms. The van der Waals surface area contributed by atoms with Gasteiger partial charge in [-0.05, 0) is 43.9 Å². The maximum atomic E-state index is 11.1. The minimum absolute atomic E-state index is 0.352. The Hall–Kier alpha value is -1.88. The van der Waals surface area contributed by atoms with E-state index in [1.165, 1.54) is 19.3 Å². The molecule has 4 nitrogen and oxygen atoms in total. The van der Waals surface area contributed by atoms with E-state index in [0.717, 1.165) is 35.0 Å². The summed E-state index contributed by atoms with van der Waals surface area (Å²) in [7, 11) is 0. The number of carboxylic acid groups (broad SMARTS) is 1. The van der Waals surface area contributed by atoms with Crippen LogP contribution in [0.5, 0.6) is 0 Å². The van der Waals surface area contributed by atoms with Crippen molar-refractivity contribution < 1.29 is 9.90 Å². The predicted octanol–water partition coefficient (Wildman–Crippen LogP) is 3.81. The molecule has 21 heavy (non-hydrogen) atoms. The van der Waals surface area contributed by atoms with Crippen molar-refractivity contribution >= 4 is 22.4 Å². The second kappa shape index (κ2) is 5.85. The van der Waals surface area contributed by atoms with Gasteiger partial charge in [0.1, 0.15) is 0 Å². The number of benzene rings is 1. The Morgan fingerprint density at radius 2 is 2.05 bits per heavy atom. The molecule has 1 aliphatic heterocycles. The average Bonchev–Trinajstić information content (AvgIpc) is 2.97. The van der Waals surface area contributed by atoms with Crippen LogP contribution in [0, 0.1) is 6.92 Å². The first-order valence-electron chi connectivity index (χ1n) is 7.20. The quantitative estimate of drug-likeness (QED) is 0.936. The second-order valence-corrected chi connectivity index (χ2v) is 6.23. The molecule has 0 spiro atoms. The molecule has 1 N–H and O–H groups in total. The summed E-state index contributed by atoms with van der Waals surface area (Å²) in [6, 6.07) is 5.40. The number of anilines is 1. The van der Waals surface area contributed by atoms with E-state index in [2.05, 4.69) is 10.3 Å². The Morgan fingerprint density at radius 1 is 1.29 bits per heavy atom. The molecule has 1 aromatic carbocycles. The SMILES string of the molecule is Cc1cc(-c2csc(N3CCCCC3)n2)ccc1C(=O)O. The molecule has 0 atom stereocenters. The molecule has 1 aliphatic rings. The lowest BCUT2D eigenvalue weighted by molar-refractivity contribution is 0.0696. The summed E-state index contributed by atoms with van der Waals surface area (Å²) in [6.07, 6.45) is 3.78. The minimum Gasteiger partial charge on any atom is -0.478 e. The van der Waals surface area contributed by atoms with Gasteiger partial charge in [-0.2, -0.15) is 0 Å². The van der Waals surface area contributed by atoms with Gasteiger partial charge in [0.25, 0.3) is 0 Å². The first-order chi connectivity index (χ1) is 10.1. The Labute approximate surface area is 128 Å². The fraction of sp³-hybridized carbons (Fsp3) is 0.375. The zero-order chi connectivity index (χ0) is 14.8. The van der Waals surface area contributed by atoms with Crippen LogP contribution in [0.3, 0.4) is 0 Å². The Morgan fingerprint density at radius 3 is 2.71 bits per heavy atom. The van der Waals surface area contributed by atoms with Crippen molar-refractivity contribution in [3.05, 3.63) is 34.7 Å². The second-order valence-electron chi connectivity index (χ2n) is 5.40. The van der Waals surface area contributed by atoms with E-state index in [4.69, 9.17) is 10.1 Å². The summed E-state index contributed by atoms with van der Waals surface area (Å²) in [5, 5.41) is 12.2. The highest BCUT2D eigenvalue weighted by atomic mass is 32.1. The molecular weight excluding hydrogens is 284 g/mol. The fourth-order valence-corrected chi connectivity index (χ4v) is 3.58. The molecule has 0 aliphatic carbocycles. The topological polar surface area (TPSA) is 53.4 Å². The first-order valence-corrected chi connectivity index (χ1v) is 8.08. The number of carboxylic acids is 1. The number of aromatic nitrogens is 1. The number of hydrogen-bond donors (Lipinski definition) is 1. The molecule has 1 saturated heterocycles. The lowest BCUT2D eigenvalue weighted by atomic mass is 10.0. The van der Waals surface area contributed by atoms with Crippen LogP contribution in [0.4, 0.5) is 5.13 Å². The van der Waals surface area contributed by atoms with E-state index in [0.29, 0.717) is 5.56 Å². The standard InChI is InChI=1S/C16H18N2O2S/c1-11-9-12(5-6-13(11)15(19)20)14-10-21-16(17-14)18-7-3-2-4-8-18/h5-6,9-10H,2-4,7-8H2,1H3,(H,19,20). The normalized spacial score (nSPS) is 15.2. The molecule has 0 unspecified atom stereocenters. The van der Waals surface area contributed by atoms with Crippen LogP contribution in [0.1, 0.15) is 35.2 Å². The van der Waals surface area contributed by atoms with Crippen LogP contribution in [-0.2, 0) is 0 Å². The van der Waals surface area contributed by atoms with Gasteiger partial charge in [0, 0.05) is 24.0 Å². The van der Waals surface area contributed by atoms with Crippen molar-refractivity contribution in [1.82, 2.24) is 4.98 Å². The number of thiazole rings is 1. The van der Waals surface area contributed by atoms with E-state index in [1.807, 2.05) is 19.1 Å². The minimum atomic E-state index is -0.883. The molecular formula is C16H18N2O2S. The molecule has 5 heteroatoms. The van der Waals surface area contributed by atoms with Crippen molar-refractivity contribution in [3.63, 3.8) is 0 Å². The van der Waals surface area contributed by atoms with Gasteiger partial charge in [0.2, 0.25) is 0 Å². The largest absolute Gasteiger partial charge is 0.478 e. The summed E-state index contributed by atoms with van der Waals surface area (Å²) in [5.74, 6) is -0.883. The van der Waals surface area contributed by atoms with E-state index < -0.39 is 5.97 Å². The molecule has 1 fully saturated rings. The third-order valence-corrected chi connectivity index (χ3v) is 4.77. The van der Waals surface area contributed by atoms with Crippen molar-refractivity contribution in [3.8, 4) is 11.3 Å². The maximum Gasteiger partial charge on any atom is 0.335 e. The Balaban J connectivity index is 1.85. The molecule has 0 amide bonds. The van der Waals surface area contributed by atoms with Crippen molar-refractivity contribution in [2.75, 3.05) is 18.0 Å². The van der Waals surface area contributed by atoms with E-state index in [1.54, 1.807) is 17.4 Å². The molecule has 0 radical (unpaired) electrons. The predicted molar refractivity (Wildman–Crippen MR) is 85.3 cm³/mol. The number of rotatable bonds is 3. The number of carbonyl (C=O) groups is 1. The van der Waals surface area contributed by atoms with Gasteiger partial charge in [0.15, 0.2) is 5.13 Å². The lowest BCUT2D eigenvalue weighted by Gasteiger charge is -2.25. The third kappa shape index (κ3) is 2.93. The van der Waals surface area contributed by atoms with Crippen LogP contribution in [0.2, 0.25) is 0 Å². The van der Waals surface area contributed by atoms with Crippen LogP contribution < -0.4 is 4.90 Å². The van der Waals surface area contributed by atoms with Gasteiger partial charge in [0.05, 0.1) is 11.3 Å². The number of piperidine rings is 1. The summed E-state index contributed by atoms with van der Waals surface area (Å²) in [5.41, 5.74) is 3.04. The highest BCUT2D eigenvalue weighted by Crippen LogP contribution is 2.30. The summed E-state index contributed by atoms with van der Waals surface area (Å²) in [6.45, 7) is 4.00. The monoisotopic (exact) mass is 302 g/mol. The van der Waals surface area contributed by atoms with Crippen molar-refractivity contribution in [1.29, 1.82) is 0 Å². The van der Waals surface area contributed by atoms with Crippen molar-refractivity contribution in [2.45, 2.75) is 26.2 Å². The van der Waals surface area contributed by atoms with Gasteiger partial charge in [-0.1, -0.05) is 6.07 Å². The molecule has 2 aromatic rings. The van der Waals surface area contributed by atoms with Gasteiger partial charge in [-0.25, -0.2) is 9.78 Å². The summed E-state index contributed by atoms with van der Waals surface area (Å²) in [4.78, 5) is 18.1. The van der Waals surface area contributed by atoms with Crippen molar-refractivity contribution in [2.24, 2.45) is 0 Å². The maximum absolute atomic E-state index is 11.1.